The maximum absolute atomic E-state index is 14.2. The fraction of sp³-hybridized carbons (Fsp3) is 0.588. The summed E-state index contributed by atoms with van der Waals surface area (Å²) < 4.78 is 24.1. The summed E-state index contributed by atoms with van der Waals surface area (Å²) >= 11 is 0. The molecule has 0 aliphatic heterocycles. The van der Waals surface area contributed by atoms with Crippen molar-refractivity contribution in [2.45, 2.75) is 57.8 Å². The van der Waals surface area contributed by atoms with Crippen LogP contribution in [0.3, 0.4) is 0 Å². The maximum Gasteiger partial charge on any atom is 0.513 e. The first-order valence-corrected chi connectivity index (χ1v) is 7.59. The van der Waals surface area contributed by atoms with Gasteiger partial charge in [0.15, 0.2) is 0 Å². The zero-order valence-electron chi connectivity index (χ0n) is 13.0. The monoisotopic (exact) mass is 294 g/mol. The van der Waals surface area contributed by atoms with Gasteiger partial charge in [0.25, 0.3) is 0 Å². The summed E-state index contributed by atoms with van der Waals surface area (Å²) in [6.07, 6.45) is 5.20. The molecule has 0 radical (unpaired) electrons. The van der Waals surface area contributed by atoms with Gasteiger partial charge in [-0.3, -0.25) is 0 Å². The molecule has 4 heteroatoms. The van der Waals surface area contributed by atoms with Crippen LogP contribution >= 0.6 is 0 Å². The van der Waals surface area contributed by atoms with Gasteiger partial charge in [-0.15, -0.1) is 0 Å². The first kappa shape index (κ1) is 15.8. The van der Waals surface area contributed by atoms with E-state index in [1.807, 2.05) is 6.92 Å². The molecule has 2 rings (SSSR count). The van der Waals surface area contributed by atoms with Crippen molar-refractivity contribution in [1.82, 2.24) is 0 Å². The van der Waals surface area contributed by atoms with Crippen LogP contribution in [0.25, 0.3) is 0 Å². The van der Waals surface area contributed by atoms with Crippen molar-refractivity contribution in [3.63, 3.8) is 0 Å². The second kappa shape index (κ2) is 6.46. The summed E-state index contributed by atoms with van der Waals surface area (Å²) in [7, 11) is 1.27. The Kier molecular flexibility index (Phi) is 4.86. The Morgan fingerprint density at radius 3 is 2.52 bits per heavy atom. The van der Waals surface area contributed by atoms with Gasteiger partial charge in [-0.2, -0.15) is 0 Å². The number of ether oxygens (including phenoxy) is 2. The number of halogens is 1. The molecule has 1 aliphatic carbocycles. The van der Waals surface area contributed by atoms with Crippen LogP contribution in [0.5, 0.6) is 5.75 Å². The number of methoxy groups -OCH3 is 1. The molecule has 1 aliphatic rings. The zero-order chi connectivity index (χ0) is 15.5. The predicted molar refractivity (Wildman–Crippen MR) is 79.2 cm³/mol. The molecule has 1 aromatic rings. The third-order valence-electron chi connectivity index (χ3n) is 4.50. The van der Waals surface area contributed by atoms with E-state index < -0.39 is 6.16 Å². The molecular weight excluding hydrogens is 271 g/mol. The summed E-state index contributed by atoms with van der Waals surface area (Å²) in [6, 6.07) is 3.18. The van der Waals surface area contributed by atoms with Gasteiger partial charge in [-0.05, 0) is 42.4 Å². The highest BCUT2D eigenvalue weighted by Gasteiger charge is 2.33. The highest BCUT2D eigenvalue weighted by molar-refractivity contribution is 5.65. The summed E-state index contributed by atoms with van der Waals surface area (Å²) in [5.41, 5.74) is 1.19. The van der Waals surface area contributed by atoms with Crippen LogP contribution in [0.15, 0.2) is 12.1 Å². The van der Waals surface area contributed by atoms with E-state index in [2.05, 4.69) is 11.7 Å². The minimum Gasteiger partial charge on any atom is -0.437 e. The number of hydrogen-bond acceptors (Lipinski definition) is 3. The normalized spacial score (nSPS) is 17.3. The van der Waals surface area contributed by atoms with Gasteiger partial charge >= 0.3 is 6.16 Å². The van der Waals surface area contributed by atoms with Crippen molar-refractivity contribution in [2.24, 2.45) is 0 Å². The molecular formula is C17H23FO3. The van der Waals surface area contributed by atoms with Crippen LogP contribution in [0, 0.1) is 5.82 Å². The second-order valence-electron chi connectivity index (χ2n) is 5.97. The number of rotatable bonds is 3. The van der Waals surface area contributed by atoms with Crippen molar-refractivity contribution < 1.29 is 18.7 Å². The largest absolute Gasteiger partial charge is 0.513 e. The van der Waals surface area contributed by atoms with Crippen molar-refractivity contribution in [2.75, 3.05) is 7.11 Å². The van der Waals surface area contributed by atoms with Crippen LogP contribution in [-0.2, 0) is 16.6 Å². The molecule has 0 unspecified atom stereocenters. The van der Waals surface area contributed by atoms with E-state index in [1.165, 1.54) is 13.5 Å². The van der Waals surface area contributed by atoms with Gasteiger partial charge in [0, 0.05) is 5.56 Å². The highest BCUT2D eigenvalue weighted by atomic mass is 19.1. The molecule has 1 fully saturated rings. The lowest BCUT2D eigenvalue weighted by molar-refractivity contribution is 0.120. The van der Waals surface area contributed by atoms with E-state index >= 15 is 0 Å². The third kappa shape index (κ3) is 3.36. The zero-order valence-corrected chi connectivity index (χ0v) is 13.0. The lowest BCUT2D eigenvalue weighted by Gasteiger charge is -2.35. The third-order valence-corrected chi connectivity index (χ3v) is 4.50. The molecule has 0 saturated heterocycles. The number of hydrogen-bond donors (Lipinski definition) is 0. The van der Waals surface area contributed by atoms with Gasteiger partial charge in [0.05, 0.1) is 7.11 Å². The lowest BCUT2D eigenvalue weighted by atomic mass is 9.70. The van der Waals surface area contributed by atoms with Gasteiger partial charge in [-0.25, -0.2) is 9.18 Å². The smallest absolute Gasteiger partial charge is 0.437 e. The summed E-state index contributed by atoms with van der Waals surface area (Å²) in [6.45, 7) is 4.00. The first-order valence-electron chi connectivity index (χ1n) is 7.59. The molecule has 0 amide bonds. The summed E-state index contributed by atoms with van der Waals surface area (Å²) in [5, 5.41) is 0. The molecule has 0 spiro atoms. The van der Waals surface area contributed by atoms with Crippen molar-refractivity contribution in [3.8, 4) is 5.75 Å². The minimum atomic E-state index is -0.760. The molecule has 0 N–H and O–H groups in total. The Labute approximate surface area is 125 Å². The van der Waals surface area contributed by atoms with Crippen molar-refractivity contribution in [3.05, 3.63) is 29.1 Å². The van der Waals surface area contributed by atoms with Gasteiger partial charge in [-0.1, -0.05) is 33.1 Å². The lowest BCUT2D eigenvalue weighted by Crippen LogP contribution is -2.27. The molecule has 0 atom stereocenters. The number of aryl methyl sites for hydroxylation is 1. The molecule has 1 aromatic carbocycles. The summed E-state index contributed by atoms with van der Waals surface area (Å²) in [4.78, 5) is 11.5. The predicted octanol–water partition coefficient (Wildman–Crippen LogP) is 4.76. The number of carbonyl (C=O) groups excluding carboxylic acids is 1. The fourth-order valence-electron chi connectivity index (χ4n) is 3.16. The van der Waals surface area contributed by atoms with Crippen LogP contribution < -0.4 is 4.74 Å². The Hall–Kier alpha value is -1.58. The second-order valence-corrected chi connectivity index (χ2v) is 5.97. The Morgan fingerprint density at radius 2 is 1.95 bits per heavy atom. The Balaban J connectivity index is 2.46. The van der Waals surface area contributed by atoms with E-state index in [0.29, 0.717) is 17.7 Å². The number of benzene rings is 1. The average molecular weight is 294 g/mol. The number of carbonyl (C=O) groups is 1. The highest BCUT2D eigenvalue weighted by Crippen LogP contribution is 2.43. The van der Waals surface area contributed by atoms with Crippen molar-refractivity contribution >= 4 is 6.16 Å². The topological polar surface area (TPSA) is 35.5 Å². The minimum absolute atomic E-state index is 0.144. The molecule has 116 valence electrons. The Morgan fingerprint density at radius 1 is 1.29 bits per heavy atom. The fourth-order valence-corrected chi connectivity index (χ4v) is 3.16. The summed E-state index contributed by atoms with van der Waals surface area (Å²) in [5.74, 6) is 0.209. The van der Waals surface area contributed by atoms with E-state index in [9.17, 15) is 9.18 Å². The van der Waals surface area contributed by atoms with Crippen LogP contribution in [0.2, 0.25) is 0 Å². The van der Waals surface area contributed by atoms with Crippen LogP contribution in [0.4, 0.5) is 9.18 Å². The first-order chi connectivity index (χ1) is 10.00. The van der Waals surface area contributed by atoms with Gasteiger partial charge < -0.3 is 9.47 Å². The van der Waals surface area contributed by atoms with Crippen LogP contribution in [0.1, 0.15) is 57.1 Å². The van der Waals surface area contributed by atoms with E-state index in [4.69, 9.17) is 4.74 Å². The maximum atomic E-state index is 14.2. The Bertz CT molecular complexity index is 519. The van der Waals surface area contributed by atoms with E-state index in [1.54, 1.807) is 12.1 Å². The van der Waals surface area contributed by atoms with Crippen LogP contribution in [-0.4, -0.2) is 13.3 Å². The quantitative estimate of drug-likeness (QED) is 0.596. The van der Waals surface area contributed by atoms with Gasteiger partial charge in [0.2, 0.25) is 0 Å². The standard InChI is InChI=1S/C17H23FO3/c1-4-12-10-15(21-16(19)20-3)13(11-14(12)18)17(2)8-6-5-7-9-17/h10-11H,4-9H2,1-3H3. The molecule has 0 aromatic heterocycles. The molecule has 1 saturated carbocycles. The average Bonchev–Trinajstić information content (AvgIpc) is 2.49. The molecule has 21 heavy (non-hydrogen) atoms. The van der Waals surface area contributed by atoms with Gasteiger partial charge in [0.1, 0.15) is 11.6 Å². The molecule has 0 heterocycles. The molecule has 0 bridgehead atoms. The van der Waals surface area contributed by atoms with E-state index in [0.717, 1.165) is 31.2 Å². The van der Waals surface area contributed by atoms with E-state index in [-0.39, 0.29) is 11.2 Å². The van der Waals surface area contributed by atoms with Crippen molar-refractivity contribution in [1.29, 1.82) is 0 Å². The SMILES string of the molecule is CCc1cc(OC(=O)OC)c(C2(C)CCCCC2)cc1F. The molecule has 3 nitrogen and oxygen atoms in total.